The summed E-state index contributed by atoms with van der Waals surface area (Å²) in [6.45, 7) is 6.78. The van der Waals surface area contributed by atoms with E-state index in [1.165, 1.54) is 25.7 Å². The van der Waals surface area contributed by atoms with Gasteiger partial charge in [-0.15, -0.1) is 0 Å². The molecule has 98 valence electrons. The predicted octanol–water partition coefficient (Wildman–Crippen LogP) is 3.13. The molecule has 2 aliphatic rings. The van der Waals surface area contributed by atoms with Gasteiger partial charge in [-0.2, -0.15) is 0 Å². The summed E-state index contributed by atoms with van der Waals surface area (Å²) in [6, 6.07) is 0.785. The molecule has 2 rings (SSSR count). The normalized spacial score (nSPS) is 38.5. The molecule has 1 N–H and O–H groups in total. The summed E-state index contributed by atoms with van der Waals surface area (Å²) in [6.07, 6.45) is 7.58. The highest BCUT2D eigenvalue weighted by molar-refractivity contribution is 5.87. The van der Waals surface area contributed by atoms with Gasteiger partial charge in [0.1, 0.15) is 0 Å². The van der Waals surface area contributed by atoms with Crippen molar-refractivity contribution in [3.05, 3.63) is 0 Å². The highest BCUT2D eigenvalue weighted by atomic mass is 16.4. The van der Waals surface area contributed by atoms with Gasteiger partial charge in [-0.3, -0.25) is 4.90 Å². The van der Waals surface area contributed by atoms with E-state index in [9.17, 15) is 0 Å². The molecule has 1 saturated heterocycles. The van der Waals surface area contributed by atoms with Gasteiger partial charge in [-0.05, 0) is 25.2 Å². The number of nitrogens with zero attached hydrogens (tertiary/aromatic N) is 2. The molecule has 17 heavy (non-hydrogen) atoms. The van der Waals surface area contributed by atoms with Crippen molar-refractivity contribution in [2.75, 3.05) is 13.1 Å². The lowest BCUT2D eigenvalue weighted by atomic mass is 9.84. The van der Waals surface area contributed by atoms with E-state index in [-0.39, 0.29) is 0 Å². The summed E-state index contributed by atoms with van der Waals surface area (Å²) < 4.78 is 0. The van der Waals surface area contributed by atoms with Crippen LogP contribution in [0.4, 0.5) is 0 Å². The van der Waals surface area contributed by atoms with Crippen LogP contribution in [0, 0.1) is 11.8 Å². The van der Waals surface area contributed by atoms with Gasteiger partial charge in [0, 0.05) is 31.5 Å². The van der Waals surface area contributed by atoms with E-state index in [4.69, 9.17) is 5.21 Å². The van der Waals surface area contributed by atoms with Crippen molar-refractivity contribution in [2.24, 2.45) is 17.0 Å². The Morgan fingerprint density at radius 1 is 1.41 bits per heavy atom. The first-order chi connectivity index (χ1) is 8.24. The summed E-state index contributed by atoms with van der Waals surface area (Å²) >= 11 is 0. The van der Waals surface area contributed by atoms with Crippen LogP contribution in [0.5, 0.6) is 0 Å². The van der Waals surface area contributed by atoms with Crippen molar-refractivity contribution in [1.82, 2.24) is 4.90 Å². The van der Waals surface area contributed by atoms with Crippen molar-refractivity contribution in [3.8, 4) is 0 Å². The molecule has 1 heterocycles. The highest BCUT2D eigenvalue weighted by Gasteiger charge is 2.31. The summed E-state index contributed by atoms with van der Waals surface area (Å²) in [5, 5.41) is 12.5. The summed E-state index contributed by atoms with van der Waals surface area (Å²) in [7, 11) is 0. The SMILES string of the molecule is CCC1CN(C2CCCC(C)C2)CCC1=NO. The van der Waals surface area contributed by atoms with E-state index >= 15 is 0 Å². The van der Waals surface area contributed by atoms with Gasteiger partial charge >= 0.3 is 0 Å². The third-order valence-electron chi connectivity index (χ3n) is 4.63. The minimum absolute atomic E-state index is 0.478. The number of rotatable bonds is 2. The van der Waals surface area contributed by atoms with E-state index in [0.29, 0.717) is 5.92 Å². The number of piperidine rings is 1. The number of oxime groups is 1. The van der Waals surface area contributed by atoms with Gasteiger partial charge in [0.2, 0.25) is 0 Å². The first kappa shape index (κ1) is 12.9. The van der Waals surface area contributed by atoms with E-state index in [1.54, 1.807) is 0 Å². The Morgan fingerprint density at radius 3 is 2.88 bits per heavy atom. The van der Waals surface area contributed by atoms with Gasteiger partial charge in [0.25, 0.3) is 0 Å². The maximum absolute atomic E-state index is 9.00. The molecule has 3 atom stereocenters. The Balaban J connectivity index is 1.94. The van der Waals surface area contributed by atoms with Crippen LogP contribution in [0.3, 0.4) is 0 Å². The van der Waals surface area contributed by atoms with Crippen LogP contribution in [-0.4, -0.2) is 35.0 Å². The molecule has 0 amide bonds. The van der Waals surface area contributed by atoms with E-state index in [1.807, 2.05) is 0 Å². The van der Waals surface area contributed by atoms with E-state index in [2.05, 4.69) is 23.9 Å². The Labute approximate surface area is 105 Å². The van der Waals surface area contributed by atoms with Crippen LogP contribution in [0.2, 0.25) is 0 Å². The molecular formula is C14H26N2O. The Hall–Kier alpha value is -0.570. The summed E-state index contributed by atoms with van der Waals surface area (Å²) in [5.41, 5.74) is 1.02. The zero-order valence-electron chi connectivity index (χ0n) is 11.2. The van der Waals surface area contributed by atoms with E-state index < -0.39 is 0 Å². The van der Waals surface area contributed by atoms with Crippen molar-refractivity contribution >= 4 is 5.71 Å². The largest absolute Gasteiger partial charge is 0.411 e. The minimum Gasteiger partial charge on any atom is -0.411 e. The number of hydrogen-bond donors (Lipinski definition) is 1. The zero-order valence-corrected chi connectivity index (χ0v) is 11.2. The lowest BCUT2D eigenvalue weighted by Crippen LogP contribution is -2.47. The Kier molecular flexibility index (Phi) is 4.43. The van der Waals surface area contributed by atoms with Gasteiger partial charge in [-0.25, -0.2) is 0 Å². The van der Waals surface area contributed by atoms with Crippen molar-refractivity contribution in [2.45, 2.75) is 58.4 Å². The Morgan fingerprint density at radius 2 is 2.24 bits per heavy atom. The Bertz CT molecular complexity index is 277. The van der Waals surface area contributed by atoms with Crippen LogP contribution in [-0.2, 0) is 0 Å². The molecule has 0 aromatic rings. The van der Waals surface area contributed by atoms with Crippen LogP contribution >= 0.6 is 0 Å². The second-order valence-electron chi connectivity index (χ2n) is 5.87. The van der Waals surface area contributed by atoms with Gasteiger partial charge in [0.15, 0.2) is 0 Å². The van der Waals surface area contributed by atoms with Crippen LogP contribution < -0.4 is 0 Å². The topological polar surface area (TPSA) is 35.8 Å². The second kappa shape index (κ2) is 5.85. The molecule has 3 heteroatoms. The molecule has 1 aliphatic heterocycles. The molecule has 0 spiro atoms. The van der Waals surface area contributed by atoms with Gasteiger partial charge in [0.05, 0.1) is 5.71 Å². The van der Waals surface area contributed by atoms with Crippen LogP contribution in [0.15, 0.2) is 5.16 Å². The molecular weight excluding hydrogens is 212 g/mol. The highest BCUT2D eigenvalue weighted by Crippen LogP contribution is 2.30. The lowest BCUT2D eigenvalue weighted by Gasteiger charge is -2.41. The summed E-state index contributed by atoms with van der Waals surface area (Å²) in [4.78, 5) is 2.65. The first-order valence-electron chi connectivity index (χ1n) is 7.19. The predicted molar refractivity (Wildman–Crippen MR) is 70.6 cm³/mol. The molecule has 0 bridgehead atoms. The van der Waals surface area contributed by atoms with Crippen molar-refractivity contribution < 1.29 is 5.21 Å². The monoisotopic (exact) mass is 238 g/mol. The lowest BCUT2D eigenvalue weighted by molar-refractivity contribution is 0.115. The number of hydrogen-bond acceptors (Lipinski definition) is 3. The standard InChI is InChI=1S/C14H26N2O/c1-3-12-10-16(8-7-14(12)15-17)13-6-4-5-11(2)9-13/h11-13,17H,3-10H2,1-2H3. The molecule has 0 aromatic heterocycles. The second-order valence-corrected chi connectivity index (χ2v) is 5.87. The van der Waals surface area contributed by atoms with Gasteiger partial charge in [-0.1, -0.05) is 31.8 Å². The molecule has 0 radical (unpaired) electrons. The summed E-state index contributed by atoms with van der Waals surface area (Å²) in [5.74, 6) is 1.37. The number of likely N-dealkylation sites (tertiary alicyclic amines) is 1. The quantitative estimate of drug-likeness (QED) is 0.592. The fraction of sp³-hybridized carbons (Fsp3) is 0.929. The molecule has 2 fully saturated rings. The average molecular weight is 238 g/mol. The smallest absolute Gasteiger partial charge is 0.0627 e. The van der Waals surface area contributed by atoms with Crippen LogP contribution in [0.25, 0.3) is 0 Å². The van der Waals surface area contributed by atoms with Crippen LogP contribution in [0.1, 0.15) is 52.4 Å². The van der Waals surface area contributed by atoms with Gasteiger partial charge < -0.3 is 5.21 Å². The molecule has 1 aliphatic carbocycles. The first-order valence-corrected chi connectivity index (χ1v) is 7.19. The maximum atomic E-state index is 9.00. The molecule has 3 unspecified atom stereocenters. The third kappa shape index (κ3) is 3.01. The molecule has 1 saturated carbocycles. The average Bonchev–Trinajstić information content (AvgIpc) is 2.38. The minimum atomic E-state index is 0.478. The zero-order chi connectivity index (χ0) is 12.3. The van der Waals surface area contributed by atoms with Crippen molar-refractivity contribution in [3.63, 3.8) is 0 Å². The fourth-order valence-corrected chi connectivity index (χ4v) is 3.50. The fourth-order valence-electron chi connectivity index (χ4n) is 3.50. The molecule has 0 aromatic carbocycles. The van der Waals surface area contributed by atoms with E-state index in [0.717, 1.165) is 43.6 Å². The third-order valence-corrected chi connectivity index (χ3v) is 4.63. The van der Waals surface area contributed by atoms with Crippen molar-refractivity contribution in [1.29, 1.82) is 0 Å². The maximum Gasteiger partial charge on any atom is 0.0627 e. The molecule has 3 nitrogen and oxygen atoms in total.